The SMILES string of the molecule is O=S(=O)([O-])C(F)(F)F.O=S(=O)([O-])C(F)(F)F.O=S(=O)([O-])C(F)(F)F.O=S(=O)([O-])C(F)(F)F.[Li+].[Ru+3]. The Morgan fingerprint density at radius 2 is 0.382 bits per heavy atom. The van der Waals surface area contributed by atoms with E-state index in [1.54, 1.807) is 0 Å². The molecule has 0 aliphatic rings. The molecule has 0 aromatic heterocycles. The molecule has 0 saturated carbocycles. The van der Waals surface area contributed by atoms with Crippen LogP contribution in [0.1, 0.15) is 0 Å². The van der Waals surface area contributed by atoms with Gasteiger partial charge in [0.1, 0.15) is 0 Å². The molecule has 30 heteroatoms. The summed E-state index contributed by atoms with van der Waals surface area (Å²) < 4.78 is 236. The first-order valence-electron chi connectivity index (χ1n) is 5.08. The molecule has 205 valence electrons. The first-order chi connectivity index (χ1) is 13.0. The normalized spacial score (nSPS) is 13.2. The Morgan fingerprint density at radius 1 is 0.353 bits per heavy atom. The van der Waals surface area contributed by atoms with Crippen LogP contribution >= 0.6 is 0 Å². The maximum atomic E-state index is 10.7. The zero-order valence-electron chi connectivity index (χ0n) is 14.4. The molecule has 0 saturated heterocycles. The zero-order chi connectivity index (χ0) is 28.0. The fraction of sp³-hybridized carbons (Fsp3) is 1.00. The minimum atomic E-state index is -6.09. The van der Waals surface area contributed by atoms with Crippen molar-refractivity contribution in [2.24, 2.45) is 0 Å². The summed E-state index contributed by atoms with van der Waals surface area (Å²) in [5, 5.41) is 0. The van der Waals surface area contributed by atoms with Gasteiger partial charge in [0.05, 0.1) is 0 Å². The second-order valence-electron chi connectivity index (χ2n) is 3.60. The smallest absolute Gasteiger partial charge is 0.741 e. The van der Waals surface area contributed by atoms with Crippen LogP contribution in [0, 0.1) is 0 Å². The molecule has 0 amide bonds. The van der Waals surface area contributed by atoms with Gasteiger partial charge < -0.3 is 18.2 Å². The Bertz CT molecular complexity index is 835. The fourth-order valence-corrected chi connectivity index (χ4v) is 0. The van der Waals surface area contributed by atoms with Crippen LogP contribution in [0.3, 0.4) is 0 Å². The molecule has 1 radical (unpaired) electrons. The molecule has 0 aliphatic heterocycles. The van der Waals surface area contributed by atoms with Crippen molar-refractivity contribution in [1.29, 1.82) is 0 Å². The molecule has 0 unspecified atom stereocenters. The molecule has 0 aromatic carbocycles. The van der Waals surface area contributed by atoms with Gasteiger partial charge in [-0.2, -0.15) is 52.7 Å². The predicted octanol–water partition coefficient (Wildman–Crippen LogP) is -2.79. The van der Waals surface area contributed by atoms with Gasteiger partial charge in [-0.15, -0.1) is 0 Å². The molecular formula is C4F12LiO12RuS4. The van der Waals surface area contributed by atoms with E-state index in [-0.39, 0.29) is 38.3 Å². The number of alkyl halides is 12. The minimum Gasteiger partial charge on any atom is -0.741 e. The van der Waals surface area contributed by atoms with Gasteiger partial charge in [-0.3, -0.25) is 0 Å². The number of rotatable bonds is 0. The Hall–Kier alpha value is 0.0208. The van der Waals surface area contributed by atoms with E-state index in [9.17, 15) is 52.7 Å². The summed E-state index contributed by atoms with van der Waals surface area (Å²) in [6, 6.07) is 0. The van der Waals surface area contributed by atoms with Crippen LogP contribution in [0.5, 0.6) is 0 Å². The maximum absolute atomic E-state index is 10.7. The number of hydrogen-bond donors (Lipinski definition) is 0. The van der Waals surface area contributed by atoms with Crippen LogP contribution in [-0.2, 0) is 60.0 Å². The first-order valence-corrected chi connectivity index (χ1v) is 10.7. The van der Waals surface area contributed by atoms with Crippen LogP contribution in [0.4, 0.5) is 52.7 Å². The van der Waals surface area contributed by atoms with E-state index in [1.807, 2.05) is 0 Å². The Balaban J connectivity index is -0.0000000754. The maximum Gasteiger partial charge on any atom is 3.00 e. The summed E-state index contributed by atoms with van der Waals surface area (Å²) in [7, 11) is -24.4. The van der Waals surface area contributed by atoms with Crippen LogP contribution in [0.25, 0.3) is 0 Å². The van der Waals surface area contributed by atoms with Crippen molar-refractivity contribution in [3.8, 4) is 0 Å². The Morgan fingerprint density at radius 3 is 0.382 bits per heavy atom. The third-order valence-electron chi connectivity index (χ3n) is 1.13. The molecule has 12 nitrogen and oxygen atoms in total. The number of halogens is 12. The molecule has 0 spiro atoms. The van der Waals surface area contributed by atoms with Crippen LogP contribution in [0.2, 0.25) is 0 Å². The van der Waals surface area contributed by atoms with Crippen molar-refractivity contribution in [2.75, 3.05) is 0 Å². The van der Waals surface area contributed by atoms with Gasteiger partial charge in [-0.1, -0.05) is 0 Å². The van der Waals surface area contributed by atoms with Gasteiger partial charge in [0.15, 0.2) is 40.5 Å². The molecule has 0 heterocycles. The van der Waals surface area contributed by atoms with Crippen LogP contribution in [0.15, 0.2) is 0 Å². The average Bonchev–Trinajstić information content (AvgIpc) is 2.30. The van der Waals surface area contributed by atoms with E-state index in [4.69, 9.17) is 51.9 Å². The summed E-state index contributed by atoms with van der Waals surface area (Å²) in [6.45, 7) is 0. The van der Waals surface area contributed by atoms with E-state index in [2.05, 4.69) is 0 Å². The molecule has 0 atom stereocenters. The molecule has 34 heavy (non-hydrogen) atoms. The predicted molar refractivity (Wildman–Crippen MR) is 63.0 cm³/mol. The third kappa shape index (κ3) is 23.7. The van der Waals surface area contributed by atoms with Crippen LogP contribution in [-0.4, -0.2) is 73.9 Å². The molecular weight excluding hydrogens is 704 g/mol. The quantitative estimate of drug-likeness (QED) is 0.108. The summed E-state index contributed by atoms with van der Waals surface area (Å²) in [5.41, 5.74) is -22.6. The summed E-state index contributed by atoms with van der Waals surface area (Å²) >= 11 is 0. The van der Waals surface area contributed by atoms with E-state index in [0.717, 1.165) is 0 Å². The Kier molecular flexibility index (Phi) is 20.4. The van der Waals surface area contributed by atoms with Crippen LogP contribution < -0.4 is 18.9 Å². The van der Waals surface area contributed by atoms with E-state index in [0.29, 0.717) is 0 Å². The largest absolute Gasteiger partial charge is 3.00 e. The van der Waals surface area contributed by atoms with Crippen molar-refractivity contribution >= 4 is 40.5 Å². The van der Waals surface area contributed by atoms with E-state index in [1.165, 1.54) is 0 Å². The average molecular weight is 704 g/mol. The summed E-state index contributed by atoms with van der Waals surface area (Å²) in [6.07, 6.45) is 0. The van der Waals surface area contributed by atoms with Crippen molar-refractivity contribution in [1.82, 2.24) is 0 Å². The summed E-state index contributed by atoms with van der Waals surface area (Å²) in [5.74, 6) is 0. The minimum absolute atomic E-state index is 0. The summed E-state index contributed by atoms with van der Waals surface area (Å²) in [4.78, 5) is 0. The first kappa shape index (κ1) is 47.2. The zero-order valence-corrected chi connectivity index (χ0v) is 19.4. The fourth-order valence-electron chi connectivity index (χ4n) is 0. The molecule has 0 aliphatic carbocycles. The van der Waals surface area contributed by atoms with Gasteiger partial charge >= 0.3 is 60.4 Å². The van der Waals surface area contributed by atoms with E-state index >= 15 is 0 Å². The molecule has 0 rings (SSSR count). The van der Waals surface area contributed by atoms with Gasteiger partial charge in [-0.25, -0.2) is 33.7 Å². The molecule has 0 N–H and O–H groups in total. The monoisotopic (exact) mass is 705 g/mol. The van der Waals surface area contributed by atoms with Gasteiger partial charge in [-0.05, 0) is 0 Å². The van der Waals surface area contributed by atoms with Crippen molar-refractivity contribution in [2.45, 2.75) is 22.0 Å². The Labute approximate surface area is 205 Å². The second-order valence-corrected chi connectivity index (χ2v) is 9.08. The third-order valence-corrected chi connectivity index (χ3v) is 3.40. The van der Waals surface area contributed by atoms with Crippen molar-refractivity contribution in [3.05, 3.63) is 0 Å². The molecule has 0 fully saturated rings. The van der Waals surface area contributed by atoms with Crippen molar-refractivity contribution in [3.63, 3.8) is 0 Å². The van der Waals surface area contributed by atoms with Gasteiger partial charge in [0.2, 0.25) is 0 Å². The van der Waals surface area contributed by atoms with Gasteiger partial charge in [0, 0.05) is 0 Å². The van der Waals surface area contributed by atoms with Gasteiger partial charge in [0.25, 0.3) is 0 Å². The molecule has 0 bridgehead atoms. The number of hydrogen-bond acceptors (Lipinski definition) is 12. The topological polar surface area (TPSA) is 229 Å². The molecule has 0 aromatic rings. The standard InChI is InChI=1S/4CHF3O3S.Li.Ru/c4*2-1(3,4)8(5,6)7;;/h4*(H,5,6,7);;/q;;;;+1;+3/p-4. The van der Waals surface area contributed by atoms with E-state index < -0.39 is 62.5 Å². The second kappa shape index (κ2) is 14.7. The van der Waals surface area contributed by atoms with Crippen molar-refractivity contribution < 1.29 is 143 Å².